The lowest BCUT2D eigenvalue weighted by Gasteiger charge is -2.13. The number of hydrogen-bond donors (Lipinski definition) is 2. The van der Waals surface area contributed by atoms with Crippen LogP contribution in [0.4, 0.5) is 5.69 Å². The molecule has 0 aromatic carbocycles. The number of carboxylic acids is 1. The third kappa shape index (κ3) is 3.31. The molecule has 0 radical (unpaired) electrons. The first-order valence-corrected chi connectivity index (χ1v) is 6.75. The summed E-state index contributed by atoms with van der Waals surface area (Å²) in [5.41, 5.74) is 0.534. The van der Waals surface area contributed by atoms with Crippen molar-refractivity contribution in [1.29, 1.82) is 0 Å². The van der Waals surface area contributed by atoms with Crippen molar-refractivity contribution in [2.45, 2.75) is 13.0 Å². The molecule has 2 aromatic rings. The largest absolute Gasteiger partial charge is 0.476 e. The van der Waals surface area contributed by atoms with Gasteiger partial charge in [-0.25, -0.2) is 9.78 Å². The van der Waals surface area contributed by atoms with Crippen molar-refractivity contribution in [2.75, 3.05) is 5.32 Å². The van der Waals surface area contributed by atoms with E-state index < -0.39 is 5.97 Å². The molecule has 0 saturated heterocycles. The van der Waals surface area contributed by atoms with E-state index in [1.165, 1.54) is 16.7 Å². The number of nitrogens with one attached hydrogen (secondary N) is 1. The fraction of sp³-hybridized carbons (Fsp3) is 0.200. The third-order valence-corrected chi connectivity index (χ3v) is 3.69. The molecule has 6 nitrogen and oxygen atoms in total. The number of rotatable bonds is 4. The second-order valence-electron chi connectivity index (χ2n) is 3.61. The monoisotopic (exact) mass is 318 g/mol. The van der Waals surface area contributed by atoms with Gasteiger partial charge in [0, 0.05) is 11.4 Å². The minimum atomic E-state index is -1.05. The molecule has 0 aliphatic carbocycles. The second-order valence-corrected chi connectivity index (χ2v) is 5.25. The van der Waals surface area contributed by atoms with Crippen molar-refractivity contribution < 1.29 is 9.90 Å². The lowest BCUT2D eigenvalue weighted by Crippen LogP contribution is -2.08. The Labute approximate surface area is 122 Å². The maximum absolute atomic E-state index is 10.8. The summed E-state index contributed by atoms with van der Waals surface area (Å²) >= 11 is 12.9. The topological polar surface area (TPSA) is 88.0 Å². The van der Waals surface area contributed by atoms with Crippen LogP contribution >= 0.6 is 34.5 Å². The molecule has 2 N–H and O–H groups in total. The zero-order valence-corrected chi connectivity index (χ0v) is 11.9. The predicted octanol–water partition coefficient (Wildman–Crippen LogP) is 3.11. The Bertz CT molecular complexity index is 619. The molecule has 1 unspecified atom stereocenters. The Morgan fingerprint density at radius 3 is 2.84 bits per heavy atom. The summed E-state index contributed by atoms with van der Waals surface area (Å²) in [6.07, 6.45) is 0. The third-order valence-electron chi connectivity index (χ3n) is 2.20. The van der Waals surface area contributed by atoms with Gasteiger partial charge in [0.25, 0.3) is 0 Å². The summed E-state index contributed by atoms with van der Waals surface area (Å²) in [7, 11) is 0. The fourth-order valence-corrected chi connectivity index (χ4v) is 2.43. The number of nitrogens with zero attached hydrogens (tertiary/aromatic N) is 3. The number of thiazole rings is 1. The summed E-state index contributed by atoms with van der Waals surface area (Å²) in [4.78, 5) is 14.8. The van der Waals surface area contributed by atoms with Gasteiger partial charge >= 0.3 is 5.97 Å². The first kappa shape index (κ1) is 14.0. The van der Waals surface area contributed by atoms with Crippen LogP contribution in [0.15, 0.2) is 11.4 Å². The van der Waals surface area contributed by atoms with E-state index in [4.69, 9.17) is 28.3 Å². The zero-order chi connectivity index (χ0) is 14.0. The van der Waals surface area contributed by atoms with Gasteiger partial charge in [0.2, 0.25) is 0 Å². The van der Waals surface area contributed by atoms with E-state index in [1.54, 1.807) is 6.07 Å². The van der Waals surface area contributed by atoms with Crippen LogP contribution in [0.1, 0.15) is 28.5 Å². The van der Waals surface area contributed by atoms with Crippen LogP contribution in [0.3, 0.4) is 0 Å². The van der Waals surface area contributed by atoms with Crippen LogP contribution in [0, 0.1) is 0 Å². The molecule has 2 rings (SSSR count). The highest BCUT2D eigenvalue weighted by Gasteiger charge is 2.15. The van der Waals surface area contributed by atoms with Crippen molar-refractivity contribution in [2.24, 2.45) is 0 Å². The van der Waals surface area contributed by atoms with Crippen LogP contribution in [-0.2, 0) is 0 Å². The van der Waals surface area contributed by atoms with Crippen LogP contribution in [0.5, 0.6) is 0 Å². The Balaban J connectivity index is 2.17. The first-order chi connectivity index (χ1) is 8.97. The number of aromatic carboxylic acids is 1. The standard InChI is InChI=1S/C10H8Cl2N4O2S/c1-4(9-14-6(3-19-9)10(17)18)13-5-2-7(11)15-16-8(5)12/h2-4H,1H3,(H,13,15)(H,17,18). The Kier molecular flexibility index (Phi) is 4.18. The number of hydrogen-bond acceptors (Lipinski definition) is 6. The molecule has 0 aliphatic heterocycles. The van der Waals surface area contributed by atoms with Gasteiger partial charge in [0.15, 0.2) is 16.0 Å². The molecular weight excluding hydrogens is 311 g/mol. The molecule has 9 heteroatoms. The van der Waals surface area contributed by atoms with E-state index in [9.17, 15) is 4.79 Å². The molecule has 100 valence electrons. The number of carboxylic acid groups (broad SMARTS) is 1. The molecule has 0 saturated carbocycles. The van der Waals surface area contributed by atoms with Crippen molar-refractivity contribution >= 4 is 46.2 Å². The quantitative estimate of drug-likeness (QED) is 0.900. The van der Waals surface area contributed by atoms with E-state index in [2.05, 4.69) is 20.5 Å². The maximum Gasteiger partial charge on any atom is 0.355 e. The maximum atomic E-state index is 10.8. The highest BCUT2D eigenvalue weighted by atomic mass is 35.5. The Hall–Kier alpha value is -1.44. The van der Waals surface area contributed by atoms with Crippen molar-refractivity contribution in [3.63, 3.8) is 0 Å². The van der Waals surface area contributed by atoms with E-state index in [0.717, 1.165) is 0 Å². The average Bonchev–Trinajstić information content (AvgIpc) is 2.83. The SMILES string of the molecule is CC(Nc1cc(Cl)nnc1Cl)c1nc(C(=O)O)cs1. The Morgan fingerprint density at radius 1 is 1.47 bits per heavy atom. The average molecular weight is 319 g/mol. The molecule has 19 heavy (non-hydrogen) atoms. The van der Waals surface area contributed by atoms with Gasteiger partial charge in [0.05, 0.1) is 11.7 Å². The van der Waals surface area contributed by atoms with Gasteiger partial charge in [0.1, 0.15) is 5.01 Å². The lowest BCUT2D eigenvalue weighted by molar-refractivity contribution is 0.0691. The molecule has 0 aliphatic rings. The van der Waals surface area contributed by atoms with Crippen molar-refractivity contribution in [3.8, 4) is 0 Å². The summed E-state index contributed by atoms with van der Waals surface area (Å²) in [5.74, 6) is -1.05. The molecule has 0 fully saturated rings. The summed E-state index contributed by atoms with van der Waals surface area (Å²) in [5, 5.41) is 21.6. The zero-order valence-electron chi connectivity index (χ0n) is 9.59. The van der Waals surface area contributed by atoms with Crippen molar-refractivity contribution in [1.82, 2.24) is 15.2 Å². The fourth-order valence-electron chi connectivity index (χ4n) is 1.33. The molecule has 0 amide bonds. The van der Waals surface area contributed by atoms with Crippen LogP contribution < -0.4 is 5.32 Å². The predicted molar refractivity (Wildman–Crippen MR) is 73.2 cm³/mol. The lowest BCUT2D eigenvalue weighted by atomic mass is 10.3. The number of aromatic nitrogens is 3. The number of halogens is 2. The molecule has 0 bridgehead atoms. The molecular formula is C10H8Cl2N4O2S. The molecule has 2 aromatic heterocycles. The number of carbonyl (C=O) groups is 1. The van der Waals surface area contributed by atoms with E-state index >= 15 is 0 Å². The van der Waals surface area contributed by atoms with Gasteiger partial charge in [-0.15, -0.1) is 21.5 Å². The minimum Gasteiger partial charge on any atom is -0.476 e. The van der Waals surface area contributed by atoms with Gasteiger partial charge in [-0.2, -0.15) is 0 Å². The number of anilines is 1. The molecule has 2 heterocycles. The Morgan fingerprint density at radius 2 is 2.21 bits per heavy atom. The van der Waals surface area contributed by atoms with E-state index in [1.807, 2.05) is 6.92 Å². The summed E-state index contributed by atoms with van der Waals surface area (Å²) in [6.45, 7) is 1.83. The van der Waals surface area contributed by atoms with Crippen LogP contribution in [0.2, 0.25) is 10.3 Å². The molecule has 0 spiro atoms. The summed E-state index contributed by atoms with van der Waals surface area (Å²) < 4.78 is 0. The van der Waals surface area contributed by atoms with E-state index in [-0.39, 0.29) is 22.0 Å². The van der Waals surface area contributed by atoms with Crippen LogP contribution in [0.25, 0.3) is 0 Å². The smallest absolute Gasteiger partial charge is 0.355 e. The van der Waals surface area contributed by atoms with Gasteiger partial charge < -0.3 is 10.4 Å². The van der Waals surface area contributed by atoms with Crippen LogP contribution in [-0.4, -0.2) is 26.3 Å². The first-order valence-electron chi connectivity index (χ1n) is 5.11. The second kappa shape index (κ2) is 5.68. The molecule has 1 atom stereocenters. The van der Waals surface area contributed by atoms with Gasteiger partial charge in [-0.3, -0.25) is 0 Å². The van der Waals surface area contributed by atoms with E-state index in [0.29, 0.717) is 10.7 Å². The van der Waals surface area contributed by atoms with Gasteiger partial charge in [-0.1, -0.05) is 23.2 Å². The highest BCUT2D eigenvalue weighted by molar-refractivity contribution is 7.09. The highest BCUT2D eigenvalue weighted by Crippen LogP contribution is 2.27. The summed E-state index contributed by atoms with van der Waals surface area (Å²) in [6, 6.07) is 1.31. The minimum absolute atomic E-state index is 0.0191. The normalized spacial score (nSPS) is 12.2. The van der Waals surface area contributed by atoms with Crippen molar-refractivity contribution in [3.05, 3.63) is 32.5 Å². The van der Waals surface area contributed by atoms with Gasteiger partial charge in [-0.05, 0) is 6.92 Å².